The third-order valence-electron chi connectivity index (χ3n) is 9.13. The van der Waals surface area contributed by atoms with Gasteiger partial charge in [-0.05, 0) is 66.9 Å². The molecular weight excluding hydrogens is 528 g/mol. The van der Waals surface area contributed by atoms with Gasteiger partial charge in [-0.1, -0.05) is 92.3 Å². The van der Waals surface area contributed by atoms with Crippen molar-refractivity contribution in [2.24, 2.45) is 29.6 Å². The summed E-state index contributed by atoms with van der Waals surface area (Å²) in [5.74, 6) is 1.65. The second-order valence-electron chi connectivity index (χ2n) is 14.0. The predicted molar refractivity (Wildman–Crippen MR) is 176 cm³/mol. The molecule has 41 heavy (non-hydrogen) atoms. The van der Waals surface area contributed by atoms with Gasteiger partial charge in [-0.2, -0.15) is 0 Å². The van der Waals surface area contributed by atoms with Crippen LogP contribution in [0, 0.1) is 29.6 Å². The minimum Gasteiger partial charge on any atom is -0.497 e. The predicted octanol–water partition coefficient (Wildman–Crippen LogP) is 8.42. The minimum absolute atomic E-state index is 0.0308. The summed E-state index contributed by atoms with van der Waals surface area (Å²) in [7, 11) is -0.315. The van der Waals surface area contributed by atoms with E-state index in [0.29, 0.717) is 31.5 Å². The van der Waals surface area contributed by atoms with Crippen LogP contribution in [0.3, 0.4) is 0 Å². The summed E-state index contributed by atoms with van der Waals surface area (Å²) in [6.07, 6.45) is 7.08. The Hall–Kier alpha value is -1.44. The van der Waals surface area contributed by atoms with Crippen molar-refractivity contribution in [3.05, 3.63) is 54.6 Å². The van der Waals surface area contributed by atoms with Gasteiger partial charge in [-0.15, -0.1) is 0 Å². The van der Waals surface area contributed by atoms with Crippen molar-refractivity contribution in [1.82, 2.24) is 0 Å². The van der Waals surface area contributed by atoms with E-state index in [9.17, 15) is 10.2 Å². The topological polar surface area (TPSA) is 68.2 Å². The van der Waals surface area contributed by atoms with Crippen LogP contribution in [0.5, 0.6) is 5.75 Å². The van der Waals surface area contributed by atoms with Gasteiger partial charge >= 0.3 is 0 Å². The fraction of sp³-hybridized carbons (Fsp3) is 0.714. The summed E-state index contributed by atoms with van der Waals surface area (Å²) in [5, 5.41) is 21.7. The molecule has 236 valence electrons. The van der Waals surface area contributed by atoms with Gasteiger partial charge in [0.1, 0.15) is 5.75 Å². The molecule has 0 bridgehead atoms. The maximum atomic E-state index is 10.9. The Bertz CT molecular complexity index is 891. The van der Waals surface area contributed by atoms with Gasteiger partial charge in [-0.25, -0.2) is 0 Å². The molecule has 6 heteroatoms. The Labute approximate surface area is 253 Å². The Morgan fingerprint density at radius 1 is 0.951 bits per heavy atom. The van der Waals surface area contributed by atoms with Crippen LogP contribution in [0.2, 0.25) is 18.1 Å². The number of benzene rings is 1. The number of hydrogen-bond acceptors (Lipinski definition) is 5. The average molecular weight is 591 g/mol. The van der Waals surface area contributed by atoms with Gasteiger partial charge < -0.3 is 24.1 Å². The van der Waals surface area contributed by atoms with Crippen molar-refractivity contribution >= 4 is 8.32 Å². The van der Waals surface area contributed by atoms with Crippen LogP contribution < -0.4 is 4.74 Å². The molecule has 0 heterocycles. The maximum absolute atomic E-state index is 10.9. The molecule has 2 N–H and O–H groups in total. The van der Waals surface area contributed by atoms with E-state index in [-0.39, 0.29) is 28.9 Å². The highest BCUT2D eigenvalue weighted by molar-refractivity contribution is 6.74. The van der Waals surface area contributed by atoms with Gasteiger partial charge in [0.15, 0.2) is 8.32 Å². The number of ether oxygens (including phenoxy) is 2. The molecule has 0 amide bonds. The molecule has 0 unspecified atom stereocenters. The first-order valence-corrected chi connectivity index (χ1v) is 18.5. The van der Waals surface area contributed by atoms with E-state index in [1.54, 1.807) is 13.2 Å². The second kappa shape index (κ2) is 17.6. The van der Waals surface area contributed by atoms with Crippen LogP contribution in [0.25, 0.3) is 0 Å². The smallest absolute Gasteiger partial charge is 0.192 e. The summed E-state index contributed by atoms with van der Waals surface area (Å²) in [5.41, 5.74) is 1.13. The van der Waals surface area contributed by atoms with E-state index in [1.165, 1.54) is 0 Å². The van der Waals surface area contributed by atoms with Gasteiger partial charge in [0.25, 0.3) is 0 Å². The molecule has 0 aromatic heterocycles. The van der Waals surface area contributed by atoms with Crippen molar-refractivity contribution in [1.29, 1.82) is 0 Å². The lowest BCUT2D eigenvalue weighted by Crippen LogP contribution is -2.48. The normalized spacial score (nSPS) is 18.8. The Kier molecular flexibility index (Phi) is 16.2. The third kappa shape index (κ3) is 12.8. The number of aliphatic hydroxyl groups excluding tert-OH is 2. The van der Waals surface area contributed by atoms with Crippen LogP contribution in [0.4, 0.5) is 0 Å². The molecular formula is C35H62O5Si. The monoisotopic (exact) mass is 590 g/mol. The maximum Gasteiger partial charge on any atom is 0.192 e. The lowest BCUT2D eigenvalue weighted by Gasteiger charge is -2.43. The zero-order valence-corrected chi connectivity index (χ0v) is 29.0. The van der Waals surface area contributed by atoms with Gasteiger partial charge in [0, 0.05) is 17.8 Å². The quantitative estimate of drug-likeness (QED) is 0.125. The van der Waals surface area contributed by atoms with Crippen LogP contribution in [0.15, 0.2) is 49.1 Å². The van der Waals surface area contributed by atoms with E-state index in [1.807, 2.05) is 50.3 Å². The lowest BCUT2D eigenvalue weighted by atomic mass is 9.83. The Balaban J connectivity index is 2.81. The van der Waals surface area contributed by atoms with E-state index in [2.05, 4.69) is 61.2 Å². The summed E-state index contributed by atoms with van der Waals surface area (Å²) in [4.78, 5) is 0. The van der Waals surface area contributed by atoms with E-state index >= 15 is 0 Å². The van der Waals surface area contributed by atoms with Crippen molar-refractivity contribution < 1.29 is 24.1 Å². The number of aliphatic hydroxyl groups is 2. The first-order chi connectivity index (χ1) is 19.0. The first kappa shape index (κ1) is 37.6. The Morgan fingerprint density at radius 3 is 2.10 bits per heavy atom. The zero-order valence-electron chi connectivity index (χ0n) is 28.0. The van der Waals surface area contributed by atoms with Crippen molar-refractivity contribution in [3.63, 3.8) is 0 Å². The molecule has 0 aliphatic heterocycles. The highest BCUT2D eigenvalue weighted by Gasteiger charge is 2.41. The van der Waals surface area contributed by atoms with Crippen molar-refractivity contribution in [3.8, 4) is 5.75 Å². The fourth-order valence-corrected chi connectivity index (χ4v) is 6.67. The molecule has 0 saturated carbocycles. The molecule has 0 aliphatic carbocycles. The van der Waals surface area contributed by atoms with E-state index in [4.69, 9.17) is 13.9 Å². The fourth-order valence-electron chi connectivity index (χ4n) is 5.17. The highest BCUT2D eigenvalue weighted by atomic mass is 28.4. The SMILES string of the molecule is C=C/C=C\[C@H](C)[C@H](O)[C@@H](C)[C@H](O)CC[C@H](C)C[C@H](C)[C@@H](O[Si](C)(C)C(C)(C)C)[C@@H](C)COCc1ccc(OC)cc1. The molecule has 0 fully saturated rings. The summed E-state index contributed by atoms with van der Waals surface area (Å²) < 4.78 is 18.5. The highest BCUT2D eigenvalue weighted by Crippen LogP contribution is 2.40. The number of rotatable bonds is 19. The van der Waals surface area contributed by atoms with Gasteiger partial charge in [-0.3, -0.25) is 0 Å². The molecule has 0 saturated heterocycles. The van der Waals surface area contributed by atoms with Crippen LogP contribution in [-0.4, -0.2) is 50.6 Å². The molecule has 1 rings (SSSR count). The van der Waals surface area contributed by atoms with Crippen molar-refractivity contribution in [2.45, 2.75) is 118 Å². The third-order valence-corrected chi connectivity index (χ3v) is 13.6. The first-order valence-electron chi connectivity index (χ1n) is 15.6. The van der Waals surface area contributed by atoms with Gasteiger partial charge in [0.05, 0.1) is 38.6 Å². The molecule has 0 spiro atoms. The average Bonchev–Trinajstić information content (AvgIpc) is 2.91. The summed E-state index contributed by atoms with van der Waals surface area (Å²) >= 11 is 0. The lowest BCUT2D eigenvalue weighted by molar-refractivity contribution is -0.00521. The molecule has 8 atom stereocenters. The molecule has 1 aromatic rings. The van der Waals surface area contributed by atoms with Crippen LogP contribution in [0.1, 0.15) is 80.2 Å². The van der Waals surface area contributed by atoms with E-state index < -0.39 is 20.5 Å². The summed E-state index contributed by atoms with van der Waals surface area (Å²) in [6.45, 7) is 27.2. The second-order valence-corrected chi connectivity index (χ2v) is 18.7. The minimum atomic E-state index is -1.99. The summed E-state index contributed by atoms with van der Waals surface area (Å²) in [6, 6.07) is 8.02. The number of methoxy groups -OCH3 is 1. The van der Waals surface area contributed by atoms with Crippen LogP contribution >= 0.6 is 0 Å². The largest absolute Gasteiger partial charge is 0.497 e. The van der Waals surface area contributed by atoms with Crippen molar-refractivity contribution in [2.75, 3.05) is 13.7 Å². The number of hydrogen-bond donors (Lipinski definition) is 2. The Morgan fingerprint density at radius 2 is 1.56 bits per heavy atom. The zero-order chi connectivity index (χ0) is 31.4. The molecule has 0 radical (unpaired) electrons. The molecule has 0 aliphatic rings. The van der Waals surface area contributed by atoms with E-state index in [0.717, 1.165) is 24.2 Å². The standard InChI is InChI=1S/C35H62O5Si/c1-13-14-15-26(3)33(37)29(6)32(36)21-16-25(2)22-27(4)34(40-41(11,12)35(7,8)9)28(5)23-39-24-30-17-19-31(38-10)20-18-30/h13-15,17-20,25-29,32-34,36-37H,1,16,21-24H2,2-12H3/b15-14-/t25-,26-,27-,28-,29-,32+,33-,34+/m0/s1. The molecule has 5 nitrogen and oxygen atoms in total. The number of allylic oxidation sites excluding steroid dienone is 2. The van der Waals surface area contributed by atoms with Crippen LogP contribution in [-0.2, 0) is 15.8 Å². The molecule has 1 aromatic carbocycles. The van der Waals surface area contributed by atoms with Gasteiger partial charge in [0.2, 0.25) is 0 Å².